The summed E-state index contributed by atoms with van der Waals surface area (Å²) in [5.41, 5.74) is -0.109. The smallest absolute Gasteiger partial charge is 0.282 e. The summed E-state index contributed by atoms with van der Waals surface area (Å²) in [4.78, 5) is 21.2. The van der Waals surface area contributed by atoms with Crippen LogP contribution in [-0.2, 0) is 0 Å². The Kier molecular flexibility index (Phi) is 4.20. The van der Waals surface area contributed by atoms with Crippen molar-refractivity contribution in [3.05, 3.63) is 44.6 Å². The molecule has 0 aliphatic carbocycles. The molecule has 0 spiro atoms. The monoisotopic (exact) mass is 358 g/mol. The third kappa shape index (κ3) is 2.89. The van der Waals surface area contributed by atoms with Crippen molar-refractivity contribution >= 4 is 44.1 Å². The molecule has 5 nitrogen and oxygen atoms in total. The fourth-order valence-electron chi connectivity index (χ4n) is 2.95. The molecule has 7 heteroatoms. The second kappa shape index (κ2) is 6.49. The molecule has 0 atom stereocenters. The number of aryl methyl sites for hydroxylation is 1. The van der Waals surface area contributed by atoms with Crippen LogP contribution in [0.1, 0.15) is 30.0 Å². The molecule has 0 N–H and O–H groups in total. The Bertz CT molecular complexity index is 947. The molecule has 0 amide bonds. The number of nitrogens with zero attached hydrogens (tertiary/aromatic N) is 4. The van der Waals surface area contributed by atoms with Gasteiger partial charge in [0.15, 0.2) is 0 Å². The Hall–Kier alpha value is -1.99. The van der Waals surface area contributed by atoms with Gasteiger partial charge in [0.05, 0.1) is 16.6 Å². The van der Waals surface area contributed by atoms with Crippen molar-refractivity contribution in [1.82, 2.24) is 9.66 Å². The summed E-state index contributed by atoms with van der Waals surface area (Å²) in [6, 6.07) is 6.02. The van der Waals surface area contributed by atoms with Crippen LogP contribution in [0, 0.1) is 6.92 Å². The molecule has 4 heterocycles. The van der Waals surface area contributed by atoms with E-state index in [0.717, 1.165) is 22.8 Å². The number of anilines is 1. The van der Waals surface area contributed by atoms with Gasteiger partial charge in [0.2, 0.25) is 0 Å². The van der Waals surface area contributed by atoms with Crippen molar-refractivity contribution < 1.29 is 0 Å². The molecule has 0 aromatic carbocycles. The topological polar surface area (TPSA) is 50.5 Å². The third-order valence-corrected chi connectivity index (χ3v) is 6.11. The zero-order valence-electron chi connectivity index (χ0n) is 13.4. The molecule has 1 aliphatic rings. The van der Waals surface area contributed by atoms with E-state index in [0.29, 0.717) is 11.2 Å². The van der Waals surface area contributed by atoms with Crippen LogP contribution in [0.2, 0.25) is 0 Å². The molecule has 1 aliphatic heterocycles. The van der Waals surface area contributed by atoms with Crippen molar-refractivity contribution in [2.75, 3.05) is 18.0 Å². The fraction of sp³-hybridized carbons (Fsp3) is 0.353. The predicted molar refractivity (Wildman–Crippen MR) is 102 cm³/mol. The van der Waals surface area contributed by atoms with Crippen molar-refractivity contribution in [3.63, 3.8) is 0 Å². The average Bonchev–Trinajstić information content (AvgIpc) is 3.25. The lowest BCUT2D eigenvalue weighted by molar-refractivity contribution is 0.580. The van der Waals surface area contributed by atoms with Gasteiger partial charge in [0.25, 0.3) is 5.56 Å². The van der Waals surface area contributed by atoms with Gasteiger partial charge < -0.3 is 4.90 Å². The first-order valence-corrected chi connectivity index (χ1v) is 9.78. The van der Waals surface area contributed by atoms with E-state index in [1.54, 1.807) is 23.6 Å². The Morgan fingerprint density at radius 3 is 2.88 bits per heavy atom. The zero-order valence-corrected chi connectivity index (χ0v) is 15.1. The van der Waals surface area contributed by atoms with Crippen LogP contribution >= 0.6 is 22.7 Å². The van der Waals surface area contributed by atoms with E-state index in [1.165, 1.54) is 40.3 Å². The summed E-state index contributed by atoms with van der Waals surface area (Å²) >= 11 is 3.20. The van der Waals surface area contributed by atoms with E-state index in [9.17, 15) is 4.79 Å². The third-order valence-electron chi connectivity index (χ3n) is 4.22. The number of hydrogen-bond acceptors (Lipinski definition) is 6. The minimum Gasteiger partial charge on any atom is -0.363 e. The van der Waals surface area contributed by atoms with Crippen LogP contribution in [0.3, 0.4) is 0 Å². The minimum absolute atomic E-state index is 0.109. The largest absolute Gasteiger partial charge is 0.363 e. The highest BCUT2D eigenvalue weighted by Crippen LogP contribution is 2.27. The second-order valence-electron chi connectivity index (χ2n) is 5.88. The molecule has 0 unspecified atom stereocenters. The Labute approximate surface area is 147 Å². The SMILES string of the molecule is Cc1nc2sccc2c(=O)n1/N=C\c1ccc(N2CCCCC2)s1. The molecule has 1 saturated heterocycles. The number of aromatic nitrogens is 2. The van der Waals surface area contributed by atoms with E-state index in [1.807, 2.05) is 12.3 Å². The van der Waals surface area contributed by atoms with Gasteiger partial charge in [-0.05, 0) is 49.8 Å². The lowest BCUT2D eigenvalue weighted by Gasteiger charge is -2.27. The Morgan fingerprint density at radius 2 is 2.04 bits per heavy atom. The zero-order chi connectivity index (χ0) is 16.5. The summed E-state index contributed by atoms with van der Waals surface area (Å²) in [6.45, 7) is 4.08. The lowest BCUT2D eigenvalue weighted by Crippen LogP contribution is -2.28. The molecular weight excluding hydrogens is 340 g/mol. The summed E-state index contributed by atoms with van der Waals surface area (Å²) in [5.74, 6) is 0.610. The van der Waals surface area contributed by atoms with Crippen molar-refractivity contribution in [1.29, 1.82) is 0 Å². The van der Waals surface area contributed by atoms with Crippen molar-refractivity contribution in [2.24, 2.45) is 5.10 Å². The van der Waals surface area contributed by atoms with Gasteiger partial charge in [-0.3, -0.25) is 4.79 Å². The molecule has 0 saturated carbocycles. The molecule has 0 bridgehead atoms. The number of thiophene rings is 2. The predicted octanol–water partition coefficient (Wildman–Crippen LogP) is 3.70. The first-order chi connectivity index (χ1) is 11.7. The molecule has 0 radical (unpaired) electrons. The Balaban J connectivity index is 1.61. The highest BCUT2D eigenvalue weighted by atomic mass is 32.1. The van der Waals surface area contributed by atoms with Gasteiger partial charge in [-0.1, -0.05) is 0 Å². The molecule has 3 aromatic rings. The maximum Gasteiger partial charge on any atom is 0.282 e. The van der Waals surface area contributed by atoms with Crippen LogP contribution in [0.15, 0.2) is 33.5 Å². The van der Waals surface area contributed by atoms with Crippen LogP contribution in [0.4, 0.5) is 5.00 Å². The maximum atomic E-state index is 12.5. The molecule has 24 heavy (non-hydrogen) atoms. The summed E-state index contributed by atoms with van der Waals surface area (Å²) in [5, 5.41) is 8.17. The van der Waals surface area contributed by atoms with E-state index >= 15 is 0 Å². The van der Waals surface area contributed by atoms with Gasteiger partial charge in [-0.2, -0.15) is 9.78 Å². The summed E-state index contributed by atoms with van der Waals surface area (Å²) < 4.78 is 1.38. The van der Waals surface area contributed by atoms with Gasteiger partial charge >= 0.3 is 0 Å². The summed E-state index contributed by atoms with van der Waals surface area (Å²) in [7, 11) is 0. The summed E-state index contributed by atoms with van der Waals surface area (Å²) in [6.07, 6.45) is 5.62. The van der Waals surface area contributed by atoms with Gasteiger partial charge in [0, 0.05) is 18.0 Å². The molecule has 4 rings (SSSR count). The fourth-order valence-corrected chi connectivity index (χ4v) is 4.68. The van der Waals surface area contributed by atoms with E-state index in [-0.39, 0.29) is 5.56 Å². The first kappa shape index (κ1) is 15.5. The molecule has 1 fully saturated rings. The minimum atomic E-state index is -0.109. The number of piperidine rings is 1. The van der Waals surface area contributed by atoms with Crippen LogP contribution in [0.25, 0.3) is 10.2 Å². The van der Waals surface area contributed by atoms with E-state index < -0.39 is 0 Å². The number of hydrogen-bond donors (Lipinski definition) is 0. The molecular formula is C17H18N4OS2. The van der Waals surface area contributed by atoms with Gasteiger partial charge in [-0.15, -0.1) is 22.7 Å². The van der Waals surface area contributed by atoms with Gasteiger partial charge in [0.1, 0.15) is 10.7 Å². The van der Waals surface area contributed by atoms with Crippen LogP contribution < -0.4 is 10.5 Å². The van der Waals surface area contributed by atoms with Crippen molar-refractivity contribution in [3.8, 4) is 0 Å². The second-order valence-corrected chi connectivity index (χ2v) is 7.87. The quantitative estimate of drug-likeness (QED) is 0.671. The average molecular weight is 358 g/mol. The molecule has 3 aromatic heterocycles. The highest BCUT2D eigenvalue weighted by molar-refractivity contribution is 7.17. The maximum absolute atomic E-state index is 12.5. The Morgan fingerprint density at radius 1 is 1.21 bits per heavy atom. The van der Waals surface area contributed by atoms with Gasteiger partial charge in [-0.25, -0.2) is 4.98 Å². The highest BCUT2D eigenvalue weighted by Gasteiger charge is 2.13. The van der Waals surface area contributed by atoms with Crippen molar-refractivity contribution in [2.45, 2.75) is 26.2 Å². The lowest BCUT2D eigenvalue weighted by atomic mass is 10.1. The van der Waals surface area contributed by atoms with Crippen LogP contribution in [0.5, 0.6) is 0 Å². The first-order valence-electron chi connectivity index (χ1n) is 8.08. The normalized spacial score (nSPS) is 15.6. The number of fused-ring (bicyclic) bond motifs is 1. The van der Waals surface area contributed by atoms with E-state index in [4.69, 9.17) is 0 Å². The number of rotatable bonds is 3. The van der Waals surface area contributed by atoms with E-state index in [2.05, 4.69) is 27.1 Å². The molecule has 124 valence electrons. The van der Waals surface area contributed by atoms with Crippen LogP contribution in [-0.4, -0.2) is 29.0 Å². The standard InChI is InChI=1S/C17H18N4OS2/c1-12-19-16-14(7-10-23-16)17(22)21(12)18-11-13-5-6-15(24-13)20-8-3-2-4-9-20/h5-7,10-11H,2-4,8-9H2,1H3/b18-11-.